The molecule has 1 heteroatoms. The molecule has 1 aliphatic rings. The topological polar surface area (TPSA) is 9.23 Å². The quantitative estimate of drug-likeness (QED) is 0.631. The van der Waals surface area contributed by atoms with Crippen LogP contribution in [0.5, 0.6) is 0 Å². The van der Waals surface area contributed by atoms with Crippen LogP contribution in [0.15, 0.2) is 0 Å². The van der Waals surface area contributed by atoms with E-state index in [4.69, 9.17) is 4.74 Å². The predicted octanol–water partition coefficient (Wildman–Crippen LogP) is 3.38. The van der Waals surface area contributed by atoms with Crippen LogP contribution in [0.4, 0.5) is 0 Å². The van der Waals surface area contributed by atoms with E-state index >= 15 is 0 Å². The fourth-order valence-corrected chi connectivity index (χ4v) is 1.82. The Bertz CT molecular complexity index is 119. The minimum Gasteiger partial charge on any atom is -0.378 e. The molecule has 0 aromatic carbocycles. The van der Waals surface area contributed by atoms with Crippen molar-refractivity contribution in [3.05, 3.63) is 0 Å². The molecule has 1 aliphatic carbocycles. The molecule has 0 heterocycles. The highest BCUT2D eigenvalue weighted by Gasteiger charge is 2.26. The summed E-state index contributed by atoms with van der Waals surface area (Å²) >= 11 is 0. The second kappa shape index (κ2) is 4.27. The van der Waals surface area contributed by atoms with Crippen molar-refractivity contribution in [3.8, 4) is 0 Å². The summed E-state index contributed by atoms with van der Waals surface area (Å²) in [5.74, 6) is 0. The molecule has 0 atom stereocenters. The summed E-state index contributed by atoms with van der Waals surface area (Å²) in [5, 5.41) is 0. The van der Waals surface area contributed by atoms with Gasteiger partial charge in [-0.2, -0.15) is 0 Å². The zero-order chi connectivity index (χ0) is 9.03. The fraction of sp³-hybridized carbons (Fsp3) is 1.00. The first kappa shape index (κ1) is 10.0. The molecule has 1 saturated carbocycles. The molecule has 1 nitrogen and oxygen atoms in total. The molecule has 0 bridgehead atoms. The van der Waals surface area contributed by atoms with Gasteiger partial charge in [-0.25, -0.2) is 0 Å². The molecule has 72 valence electrons. The van der Waals surface area contributed by atoms with Crippen molar-refractivity contribution >= 4 is 0 Å². The second-order valence-corrected chi connectivity index (χ2v) is 4.73. The fourth-order valence-electron chi connectivity index (χ4n) is 1.82. The van der Waals surface area contributed by atoms with Crippen LogP contribution in [0.1, 0.15) is 52.9 Å². The minimum absolute atomic E-state index is 0.568. The van der Waals surface area contributed by atoms with E-state index in [-0.39, 0.29) is 0 Å². The maximum absolute atomic E-state index is 5.73. The van der Waals surface area contributed by atoms with Crippen molar-refractivity contribution in [2.24, 2.45) is 5.41 Å². The van der Waals surface area contributed by atoms with E-state index in [9.17, 15) is 0 Å². The third kappa shape index (κ3) is 3.14. The third-order valence-corrected chi connectivity index (χ3v) is 2.84. The second-order valence-electron chi connectivity index (χ2n) is 4.73. The zero-order valence-electron chi connectivity index (χ0n) is 8.73. The van der Waals surface area contributed by atoms with Gasteiger partial charge in [-0.3, -0.25) is 0 Å². The summed E-state index contributed by atoms with van der Waals surface area (Å²) in [6.45, 7) is 7.85. The van der Waals surface area contributed by atoms with Crippen molar-refractivity contribution in [1.29, 1.82) is 0 Å². The summed E-state index contributed by atoms with van der Waals surface area (Å²) in [5.41, 5.74) is 0.575. The molecule has 1 rings (SSSR count). The van der Waals surface area contributed by atoms with Crippen LogP contribution in [0, 0.1) is 5.41 Å². The summed E-state index contributed by atoms with van der Waals surface area (Å²) in [6.07, 6.45) is 6.93. The molecule has 0 aromatic rings. The van der Waals surface area contributed by atoms with Gasteiger partial charge in [0.1, 0.15) is 0 Å². The van der Waals surface area contributed by atoms with Gasteiger partial charge in [-0.15, -0.1) is 0 Å². The molecule has 0 aliphatic heterocycles. The highest BCUT2D eigenvalue weighted by molar-refractivity contribution is 4.78. The lowest BCUT2D eigenvalue weighted by Gasteiger charge is -2.34. The highest BCUT2D eigenvalue weighted by atomic mass is 16.5. The smallest absolute Gasteiger partial charge is 0.0575 e. The minimum atomic E-state index is 0.568. The molecule has 0 spiro atoms. The first-order valence-electron chi connectivity index (χ1n) is 5.26. The average Bonchev–Trinajstić information content (AvgIpc) is 2.03. The molecule has 0 amide bonds. The van der Waals surface area contributed by atoms with Crippen LogP contribution < -0.4 is 0 Å². The van der Waals surface area contributed by atoms with Gasteiger partial charge in [-0.1, -0.05) is 20.8 Å². The molecular formula is C11H22O. The Hall–Kier alpha value is -0.0400. The Balaban J connectivity index is 2.18. The molecular weight excluding hydrogens is 148 g/mol. The van der Waals surface area contributed by atoms with Gasteiger partial charge < -0.3 is 4.74 Å². The number of rotatable bonds is 3. The van der Waals surface area contributed by atoms with E-state index in [1.54, 1.807) is 0 Å². The first-order valence-corrected chi connectivity index (χ1v) is 5.26. The van der Waals surface area contributed by atoms with Crippen LogP contribution in [0.2, 0.25) is 0 Å². The lowest BCUT2D eigenvalue weighted by Crippen LogP contribution is -2.26. The van der Waals surface area contributed by atoms with Gasteiger partial charge in [0.15, 0.2) is 0 Å². The predicted molar refractivity (Wildman–Crippen MR) is 52.3 cm³/mol. The Morgan fingerprint density at radius 2 is 1.83 bits per heavy atom. The van der Waals surface area contributed by atoms with E-state index < -0.39 is 0 Å². The van der Waals surface area contributed by atoms with Crippen molar-refractivity contribution < 1.29 is 4.74 Å². The van der Waals surface area contributed by atoms with Gasteiger partial charge >= 0.3 is 0 Å². The summed E-state index contributed by atoms with van der Waals surface area (Å²) in [4.78, 5) is 0. The van der Waals surface area contributed by atoms with Crippen LogP contribution in [-0.4, -0.2) is 12.7 Å². The van der Waals surface area contributed by atoms with Crippen molar-refractivity contribution in [2.45, 2.75) is 59.0 Å². The standard InChI is InChI=1S/C11H22O/c1-4-9-12-10-5-7-11(2,3)8-6-10/h10H,4-9H2,1-3H3. The van der Waals surface area contributed by atoms with Crippen LogP contribution >= 0.6 is 0 Å². The van der Waals surface area contributed by atoms with Gasteiger partial charge in [0.05, 0.1) is 6.10 Å². The molecule has 0 N–H and O–H groups in total. The van der Waals surface area contributed by atoms with Crippen molar-refractivity contribution in [1.82, 2.24) is 0 Å². The van der Waals surface area contributed by atoms with Crippen molar-refractivity contribution in [3.63, 3.8) is 0 Å². The zero-order valence-corrected chi connectivity index (χ0v) is 8.73. The van der Waals surface area contributed by atoms with E-state index in [0.29, 0.717) is 11.5 Å². The number of ether oxygens (including phenoxy) is 1. The van der Waals surface area contributed by atoms with Crippen LogP contribution in [-0.2, 0) is 4.74 Å². The normalized spacial score (nSPS) is 24.2. The molecule has 0 aromatic heterocycles. The highest BCUT2D eigenvalue weighted by Crippen LogP contribution is 2.36. The largest absolute Gasteiger partial charge is 0.378 e. The molecule has 0 saturated heterocycles. The maximum Gasteiger partial charge on any atom is 0.0575 e. The Morgan fingerprint density at radius 1 is 1.25 bits per heavy atom. The monoisotopic (exact) mass is 170 g/mol. The molecule has 12 heavy (non-hydrogen) atoms. The lowest BCUT2D eigenvalue weighted by molar-refractivity contribution is 0.00475. The maximum atomic E-state index is 5.73. The summed E-state index contributed by atoms with van der Waals surface area (Å²) in [6, 6.07) is 0. The van der Waals surface area contributed by atoms with Crippen molar-refractivity contribution in [2.75, 3.05) is 6.61 Å². The van der Waals surface area contributed by atoms with Gasteiger partial charge in [0.2, 0.25) is 0 Å². The van der Waals surface area contributed by atoms with E-state index in [2.05, 4.69) is 20.8 Å². The molecule has 1 fully saturated rings. The third-order valence-electron chi connectivity index (χ3n) is 2.84. The van der Waals surface area contributed by atoms with E-state index in [1.807, 2.05) is 0 Å². The first-order chi connectivity index (χ1) is 5.64. The molecule has 0 radical (unpaired) electrons. The summed E-state index contributed by atoms with van der Waals surface area (Å²) < 4.78 is 5.73. The Morgan fingerprint density at radius 3 is 2.33 bits per heavy atom. The van der Waals surface area contributed by atoms with E-state index in [1.165, 1.54) is 25.7 Å². The lowest BCUT2D eigenvalue weighted by atomic mass is 9.76. The SMILES string of the molecule is CCCOC1CCC(C)(C)CC1. The van der Waals surface area contributed by atoms with Gasteiger partial charge in [0.25, 0.3) is 0 Å². The average molecular weight is 170 g/mol. The van der Waals surface area contributed by atoms with E-state index in [0.717, 1.165) is 13.0 Å². The Kier molecular flexibility index (Phi) is 3.57. The van der Waals surface area contributed by atoms with Gasteiger partial charge in [0, 0.05) is 6.61 Å². The Labute approximate surface area is 76.5 Å². The van der Waals surface area contributed by atoms with Crippen LogP contribution in [0.3, 0.4) is 0 Å². The van der Waals surface area contributed by atoms with Crippen LogP contribution in [0.25, 0.3) is 0 Å². The number of hydrogen-bond donors (Lipinski definition) is 0. The summed E-state index contributed by atoms with van der Waals surface area (Å²) in [7, 11) is 0. The van der Waals surface area contributed by atoms with Gasteiger partial charge in [-0.05, 0) is 37.5 Å². The number of hydrogen-bond acceptors (Lipinski definition) is 1. The molecule has 0 unspecified atom stereocenters.